The van der Waals surface area contributed by atoms with Crippen LogP contribution in [0.5, 0.6) is 0 Å². The molecular formula is C11H24N2O2. The second kappa shape index (κ2) is 7.65. The van der Waals surface area contributed by atoms with Gasteiger partial charge in [0.2, 0.25) is 5.91 Å². The first-order valence-electron chi connectivity index (χ1n) is 5.59. The van der Waals surface area contributed by atoms with Crippen molar-refractivity contribution in [3.63, 3.8) is 0 Å². The third kappa shape index (κ3) is 5.14. The van der Waals surface area contributed by atoms with Crippen LogP contribution in [0.1, 0.15) is 33.6 Å². The first-order valence-corrected chi connectivity index (χ1v) is 5.59. The summed E-state index contributed by atoms with van der Waals surface area (Å²) in [5.41, 5.74) is 5.49. The van der Waals surface area contributed by atoms with Gasteiger partial charge in [0.15, 0.2) is 0 Å². The van der Waals surface area contributed by atoms with Crippen molar-refractivity contribution < 1.29 is 9.53 Å². The number of amides is 1. The van der Waals surface area contributed by atoms with E-state index in [9.17, 15) is 4.79 Å². The summed E-state index contributed by atoms with van der Waals surface area (Å²) in [6.45, 7) is 7.31. The molecule has 0 saturated heterocycles. The minimum Gasteiger partial charge on any atom is -0.380 e. The Hall–Kier alpha value is -0.610. The van der Waals surface area contributed by atoms with Crippen molar-refractivity contribution in [3.8, 4) is 0 Å². The highest BCUT2D eigenvalue weighted by Gasteiger charge is 2.19. The monoisotopic (exact) mass is 216 g/mol. The molecule has 90 valence electrons. The molecular weight excluding hydrogens is 192 g/mol. The third-order valence-electron chi connectivity index (χ3n) is 2.41. The van der Waals surface area contributed by atoms with Gasteiger partial charge in [0.1, 0.15) is 0 Å². The maximum Gasteiger partial charge on any atom is 0.225 e. The standard InChI is InChI=1S/C11H24N2O2/c1-5-6-13(9(2)3)11(14)7-10(8-12)15-4/h9-10H,5-8,12H2,1-4H3. The Kier molecular flexibility index (Phi) is 7.34. The first kappa shape index (κ1) is 14.4. The minimum absolute atomic E-state index is 0.129. The Morgan fingerprint density at radius 3 is 2.40 bits per heavy atom. The van der Waals surface area contributed by atoms with Gasteiger partial charge in [-0.3, -0.25) is 4.79 Å². The summed E-state index contributed by atoms with van der Waals surface area (Å²) in [7, 11) is 1.59. The second-order valence-corrected chi connectivity index (χ2v) is 3.98. The lowest BCUT2D eigenvalue weighted by atomic mass is 10.2. The molecule has 0 aromatic heterocycles. The van der Waals surface area contributed by atoms with Gasteiger partial charge in [-0.1, -0.05) is 6.92 Å². The van der Waals surface area contributed by atoms with Crippen LogP contribution >= 0.6 is 0 Å². The SMILES string of the molecule is CCCN(C(=O)CC(CN)OC)C(C)C. The highest BCUT2D eigenvalue weighted by Crippen LogP contribution is 2.06. The summed E-state index contributed by atoms with van der Waals surface area (Å²) in [6, 6.07) is 0.243. The van der Waals surface area contributed by atoms with Crippen molar-refractivity contribution in [2.45, 2.75) is 45.8 Å². The molecule has 0 aliphatic heterocycles. The van der Waals surface area contributed by atoms with Crippen LogP contribution in [0.4, 0.5) is 0 Å². The molecule has 0 bridgehead atoms. The maximum atomic E-state index is 11.9. The van der Waals surface area contributed by atoms with Crippen LogP contribution < -0.4 is 5.73 Å². The zero-order chi connectivity index (χ0) is 11.8. The van der Waals surface area contributed by atoms with Crippen LogP contribution in [-0.2, 0) is 9.53 Å². The quantitative estimate of drug-likeness (QED) is 0.690. The van der Waals surface area contributed by atoms with E-state index in [2.05, 4.69) is 6.92 Å². The Balaban J connectivity index is 4.24. The molecule has 0 aromatic carbocycles. The van der Waals surface area contributed by atoms with Crippen molar-refractivity contribution in [1.82, 2.24) is 4.90 Å². The van der Waals surface area contributed by atoms with Crippen LogP contribution in [0, 0.1) is 0 Å². The molecule has 4 nitrogen and oxygen atoms in total. The Morgan fingerprint density at radius 1 is 1.47 bits per heavy atom. The van der Waals surface area contributed by atoms with E-state index >= 15 is 0 Å². The number of methoxy groups -OCH3 is 1. The molecule has 0 heterocycles. The topological polar surface area (TPSA) is 55.6 Å². The average Bonchev–Trinajstić information content (AvgIpc) is 2.21. The number of carbonyl (C=O) groups is 1. The summed E-state index contributed by atoms with van der Waals surface area (Å²) in [5, 5.41) is 0. The van der Waals surface area contributed by atoms with E-state index in [1.165, 1.54) is 0 Å². The molecule has 0 spiro atoms. The van der Waals surface area contributed by atoms with E-state index in [4.69, 9.17) is 10.5 Å². The van der Waals surface area contributed by atoms with Gasteiger partial charge in [-0.25, -0.2) is 0 Å². The smallest absolute Gasteiger partial charge is 0.225 e. The number of hydrogen-bond acceptors (Lipinski definition) is 3. The van der Waals surface area contributed by atoms with Crippen molar-refractivity contribution in [2.24, 2.45) is 5.73 Å². The molecule has 0 aliphatic carbocycles. The van der Waals surface area contributed by atoms with Gasteiger partial charge in [-0.15, -0.1) is 0 Å². The number of nitrogens with zero attached hydrogens (tertiary/aromatic N) is 1. The largest absolute Gasteiger partial charge is 0.380 e. The Morgan fingerprint density at radius 2 is 2.07 bits per heavy atom. The predicted octanol–water partition coefficient (Wildman–Crippen LogP) is 0.997. The maximum absolute atomic E-state index is 11.9. The normalized spacial score (nSPS) is 12.9. The molecule has 1 amide bonds. The van der Waals surface area contributed by atoms with E-state index in [0.29, 0.717) is 13.0 Å². The van der Waals surface area contributed by atoms with Gasteiger partial charge < -0.3 is 15.4 Å². The molecule has 15 heavy (non-hydrogen) atoms. The van der Waals surface area contributed by atoms with Gasteiger partial charge >= 0.3 is 0 Å². The molecule has 0 saturated carbocycles. The zero-order valence-corrected chi connectivity index (χ0v) is 10.3. The van der Waals surface area contributed by atoms with Gasteiger partial charge in [-0.2, -0.15) is 0 Å². The average molecular weight is 216 g/mol. The Bertz CT molecular complexity index is 179. The number of carbonyl (C=O) groups excluding carboxylic acids is 1. The molecule has 0 aliphatic rings. The number of hydrogen-bond donors (Lipinski definition) is 1. The van der Waals surface area contributed by atoms with Crippen LogP contribution in [0.3, 0.4) is 0 Å². The highest BCUT2D eigenvalue weighted by atomic mass is 16.5. The summed E-state index contributed by atoms with van der Waals surface area (Å²) >= 11 is 0. The first-order chi connectivity index (χ1) is 7.06. The van der Waals surface area contributed by atoms with E-state index < -0.39 is 0 Å². The molecule has 0 radical (unpaired) electrons. The number of ether oxygens (including phenoxy) is 1. The molecule has 2 N–H and O–H groups in total. The van der Waals surface area contributed by atoms with Crippen molar-refractivity contribution in [2.75, 3.05) is 20.2 Å². The zero-order valence-electron chi connectivity index (χ0n) is 10.3. The van der Waals surface area contributed by atoms with Crippen molar-refractivity contribution in [3.05, 3.63) is 0 Å². The second-order valence-electron chi connectivity index (χ2n) is 3.98. The molecule has 1 unspecified atom stereocenters. The van der Waals surface area contributed by atoms with E-state index in [1.54, 1.807) is 7.11 Å². The third-order valence-corrected chi connectivity index (χ3v) is 2.41. The van der Waals surface area contributed by atoms with Gasteiger partial charge in [0.25, 0.3) is 0 Å². The number of nitrogens with two attached hydrogens (primary N) is 1. The lowest BCUT2D eigenvalue weighted by Gasteiger charge is -2.27. The lowest BCUT2D eigenvalue weighted by molar-refractivity contribution is -0.135. The fourth-order valence-electron chi connectivity index (χ4n) is 1.49. The van der Waals surface area contributed by atoms with Crippen LogP contribution in [-0.4, -0.2) is 43.2 Å². The number of rotatable bonds is 7. The summed E-state index contributed by atoms with van der Waals surface area (Å²) in [5.74, 6) is 0.129. The van der Waals surface area contributed by atoms with Crippen LogP contribution in [0.25, 0.3) is 0 Å². The van der Waals surface area contributed by atoms with Crippen molar-refractivity contribution >= 4 is 5.91 Å². The summed E-state index contributed by atoms with van der Waals surface area (Å²) in [6.07, 6.45) is 1.20. The summed E-state index contributed by atoms with van der Waals surface area (Å²) in [4.78, 5) is 13.8. The minimum atomic E-state index is -0.157. The van der Waals surface area contributed by atoms with Crippen molar-refractivity contribution in [1.29, 1.82) is 0 Å². The van der Waals surface area contributed by atoms with E-state index in [0.717, 1.165) is 13.0 Å². The summed E-state index contributed by atoms with van der Waals surface area (Å²) < 4.78 is 5.11. The molecule has 0 fully saturated rings. The molecule has 0 aromatic rings. The van der Waals surface area contributed by atoms with Gasteiger partial charge in [-0.05, 0) is 20.3 Å². The highest BCUT2D eigenvalue weighted by molar-refractivity contribution is 5.77. The fraction of sp³-hybridized carbons (Fsp3) is 0.909. The van der Waals surface area contributed by atoms with E-state index in [1.807, 2.05) is 18.7 Å². The van der Waals surface area contributed by atoms with E-state index in [-0.39, 0.29) is 18.1 Å². The fourth-order valence-corrected chi connectivity index (χ4v) is 1.49. The molecule has 1 atom stereocenters. The predicted molar refractivity (Wildman–Crippen MR) is 61.6 cm³/mol. The Labute approximate surface area is 92.8 Å². The lowest BCUT2D eigenvalue weighted by Crippen LogP contribution is -2.40. The van der Waals surface area contributed by atoms with Crippen LogP contribution in [0.15, 0.2) is 0 Å². The van der Waals surface area contributed by atoms with Gasteiger partial charge in [0, 0.05) is 26.2 Å². The van der Waals surface area contributed by atoms with Gasteiger partial charge in [0.05, 0.1) is 12.5 Å². The molecule has 4 heteroatoms. The van der Waals surface area contributed by atoms with Crippen LogP contribution in [0.2, 0.25) is 0 Å². The molecule has 0 rings (SSSR count).